The maximum atomic E-state index is 14.6. The molecule has 3 rings (SSSR count). The number of hydrogen-bond donors (Lipinski definition) is 0. The first kappa shape index (κ1) is 25.9. The number of halogens is 7. The van der Waals surface area contributed by atoms with Crippen LogP contribution in [0, 0.1) is 17.5 Å². The molecule has 3 aromatic carbocycles. The minimum Gasteiger partial charge on any atom is -0.456 e. The number of hydrogen-bond acceptors (Lipinski definition) is 2. The summed E-state index contributed by atoms with van der Waals surface area (Å²) in [5.41, 5.74) is -0.740. The molecule has 9 heteroatoms. The molecular weight excluding hydrogens is 477 g/mol. The number of benzene rings is 3. The van der Waals surface area contributed by atoms with Gasteiger partial charge in [-0.15, -0.1) is 0 Å². The second kappa shape index (κ2) is 11.1. The van der Waals surface area contributed by atoms with Gasteiger partial charge in [0, 0.05) is 12.1 Å². The third kappa shape index (κ3) is 6.65. The van der Waals surface area contributed by atoms with Crippen molar-refractivity contribution in [1.29, 1.82) is 0 Å². The van der Waals surface area contributed by atoms with Crippen LogP contribution in [0.1, 0.15) is 24.5 Å². The number of alkyl halides is 2. The van der Waals surface area contributed by atoms with E-state index in [9.17, 15) is 30.7 Å². The van der Waals surface area contributed by atoms with Crippen LogP contribution in [0.5, 0.6) is 11.5 Å². The first-order valence-corrected chi connectivity index (χ1v) is 10.4. The zero-order chi connectivity index (χ0) is 25.6. The van der Waals surface area contributed by atoms with Gasteiger partial charge in [0.1, 0.15) is 17.4 Å². The smallest absolute Gasteiger partial charge is 0.426 e. The van der Waals surface area contributed by atoms with E-state index in [1.807, 2.05) is 19.1 Å². The van der Waals surface area contributed by atoms with Crippen LogP contribution in [0.25, 0.3) is 11.1 Å². The van der Waals surface area contributed by atoms with Crippen LogP contribution in [-0.4, -0.2) is 0 Å². The lowest BCUT2D eigenvalue weighted by atomic mass is 10.0. The van der Waals surface area contributed by atoms with Gasteiger partial charge >= 0.3 is 12.2 Å². The van der Waals surface area contributed by atoms with E-state index in [0.29, 0.717) is 24.6 Å². The molecule has 0 heterocycles. The zero-order valence-corrected chi connectivity index (χ0v) is 18.3. The molecule has 0 amide bonds. The molecule has 0 radical (unpaired) electrons. The largest absolute Gasteiger partial charge is 0.456 e. The minimum absolute atomic E-state index is 0.00259. The Hall–Kier alpha value is -3.75. The standard InChI is InChI=1S/C26H19F7O2/c1-2-3-4-5-16-6-9-18(10-7-16)26(32,33)35-19-13-21(28)25(22(29)14-19)17-8-11-23(20(27)12-17)34-15-24(30)31/h3-4,6-15H,2,5H2,1H3/b4-3-. The highest BCUT2D eigenvalue weighted by atomic mass is 19.3. The summed E-state index contributed by atoms with van der Waals surface area (Å²) < 4.78 is 106. The molecule has 0 atom stereocenters. The fourth-order valence-electron chi connectivity index (χ4n) is 3.17. The quantitative estimate of drug-likeness (QED) is 0.168. The number of ether oxygens (including phenoxy) is 2. The topological polar surface area (TPSA) is 18.5 Å². The van der Waals surface area contributed by atoms with Gasteiger partial charge in [-0.3, -0.25) is 0 Å². The normalized spacial score (nSPS) is 11.5. The Morgan fingerprint density at radius 1 is 0.857 bits per heavy atom. The summed E-state index contributed by atoms with van der Waals surface area (Å²) in [6.07, 6.45) is -0.826. The van der Waals surface area contributed by atoms with E-state index in [0.717, 1.165) is 36.2 Å². The van der Waals surface area contributed by atoms with Gasteiger partial charge in [0.05, 0.1) is 11.1 Å². The van der Waals surface area contributed by atoms with Gasteiger partial charge in [-0.05, 0) is 48.2 Å². The van der Waals surface area contributed by atoms with Crippen LogP contribution in [0.4, 0.5) is 30.7 Å². The van der Waals surface area contributed by atoms with Crippen LogP contribution >= 0.6 is 0 Å². The lowest BCUT2D eigenvalue weighted by molar-refractivity contribution is -0.185. The van der Waals surface area contributed by atoms with Crippen molar-refractivity contribution >= 4 is 0 Å². The average molecular weight is 496 g/mol. The maximum Gasteiger partial charge on any atom is 0.426 e. The average Bonchev–Trinajstić information content (AvgIpc) is 2.78. The van der Waals surface area contributed by atoms with Gasteiger partial charge < -0.3 is 9.47 Å². The van der Waals surface area contributed by atoms with Crippen molar-refractivity contribution in [3.05, 3.63) is 108 Å². The monoisotopic (exact) mass is 496 g/mol. The molecule has 2 nitrogen and oxygen atoms in total. The van der Waals surface area contributed by atoms with Gasteiger partial charge in [-0.25, -0.2) is 13.2 Å². The van der Waals surface area contributed by atoms with Crippen molar-refractivity contribution in [1.82, 2.24) is 0 Å². The summed E-state index contributed by atoms with van der Waals surface area (Å²) in [6, 6.07) is 8.97. The Bertz CT molecular complexity index is 1210. The lowest BCUT2D eigenvalue weighted by Crippen LogP contribution is -2.22. The Balaban J connectivity index is 1.81. The van der Waals surface area contributed by atoms with E-state index in [1.165, 1.54) is 12.1 Å². The van der Waals surface area contributed by atoms with Crippen LogP contribution in [0.2, 0.25) is 0 Å². The second-order valence-corrected chi connectivity index (χ2v) is 7.33. The first-order chi connectivity index (χ1) is 16.6. The highest BCUT2D eigenvalue weighted by molar-refractivity contribution is 5.67. The zero-order valence-electron chi connectivity index (χ0n) is 18.3. The molecule has 0 saturated heterocycles. The van der Waals surface area contributed by atoms with Crippen molar-refractivity contribution in [2.75, 3.05) is 0 Å². The molecule has 0 aliphatic heterocycles. The molecule has 0 unspecified atom stereocenters. The van der Waals surface area contributed by atoms with Crippen LogP contribution in [-0.2, 0) is 12.5 Å². The summed E-state index contributed by atoms with van der Waals surface area (Å²) in [4.78, 5) is 0. The number of rotatable bonds is 9. The van der Waals surface area contributed by atoms with E-state index in [4.69, 9.17) is 0 Å². The first-order valence-electron chi connectivity index (χ1n) is 10.4. The van der Waals surface area contributed by atoms with Crippen molar-refractivity contribution < 1.29 is 40.2 Å². The molecule has 184 valence electrons. The highest BCUT2D eigenvalue weighted by Gasteiger charge is 2.35. The van der Waals surface area contributed by atoms with Gasteiger partial charge in [0.2, 0.25) is 0 Å². The molecule has 0 aliphatic rings. The molecule has 3 aromatic rings. The van der Waals surface area contributed by atoms with Gasteiger partial charge in [-0.2, -0.15) is 17.6 Å². The van der Waals surface area contributed by atoms with E-state index in [-0.39, 0.29) is 11.8 Å². The molecule has 0 bridgehead atoms. The Morgan fingerprint density at radius 3 is 2.09 bits per heavy atom. The van der Waals surface area contributed by atoms with Gasteiger partial charge in [0.15, 0.2) is 17.8 Å². The highest BCUT2D eigenvalue weighted by Crippen LogP contribution is 2.36. The van der Waals surface area contributed by atoms with Gasteiger partial charge in [0.25, 0.3) is 0 Å². The molecule has 0 aliphatic carbocycles. The lowest BCUT2D eigenvalue weighted by Gasteiger charge is -2.19. The fourth-order valence-corrected chi connectivity index (χ4v) is 3.17. The summed E-state index contributed by atoms with van der Waals surface area (Å²) >= 11 is 0. The predicted molar refractivity (Wildman–Crippen MR) is 117 cm³/mol. The van der Waals surface area contributed by atoms with Gasteiger partial charge in [-0.1, -0.05) is 37.3 Å². The molecule has 0 aromatic heterocycles. The molecule has 0 saturated carbocycles. The SMILES string of the molecule is CC/C=C\Cc1ccc(C(F)(F)Oc2cc(F)c(-c3ccc(OC=C(F)F)c(F)c3)c(F)c2)cc1. The van der Waals surface area contributed by atoms with E-state index in [1.54, 1.807) is 0 Å². The second-order valence-electron chi connectivity index (χ2n) is 7.33. The van der Waals surface area contributed by atoms with Crippen LogP contribution in [0.15, 0.2) is 79.1 Å². The molecule has 0 spiro atoms. The summed E-state index contributed by atoms with van der Waals surface area (Å²) in [6.45, 7) is 1.97. The number of allylic oxidation sites excluding steroid dienone is 2. The predicted octanol–water partition coefficient (Wildman–Crippen LogP) is 8.52. The van der Waals surface area contributed by atoms with Crippen molar-refractivity contribution in [2.24, 2.45) is 0 Å². The van der Waals surface area contributed by atoms with Crippen molar-refractivity contribution in [3.8, 4) is 22.6 Å². The van der Waals surface area contributed by atoms with E-state index < -0.39 is 52.3 Å². The molecule has 35 heavy (non-hydrogen) atoms. The molecule has 0 N–H and O–H groups in total. The fraction of sp³-hybridized carbons (Fsp3) is 0.154. The van der Waals surface area contributed by atoms with Crippen molar-refractivity contribution in [2.45, 2.75) is 25.9 Å². The van der Waals surface area contributed by atoms with E-state index in [2.05, 4.69) is 9.47 Å². The van der Waals surface area contributed by atoms with E-state index >= 15 is 0 Å². The maximum absolute atomic E-state index is 14.6. The Labute approximate surface area is 196 Å². The molecular formula is C26H19F7O2. The van der Waals surface area contributed by atoms with Crippen LogP contribution < -0.4 is 9.47 Å². The summed E-state index contributed by atoms with van der Waals surface area (Å²) in [5, 5.41) is 0. The van der Waals surface area contributed by atoms with Crippen molar-refractivity contribution in [3.63, 3.8) is 0 Å². The third-order valence-corrected chi connectivity index (χ3v) is 4.80. The van der Waals surface area contributed by atoms with Crippen LogP contribution in [0.3, 0.4) is 0 Å². The Kier molecular flexibility index (Phi) is 8.22. The Morgan fingerprint density at radius 2 is 1.51 bits per heavy atom. The summed E-state index contributed by atoms with van der Waals surface area (Å²) in [7, 11) is 0. The minimum atomic E-state index is -3.89. The summed E-state index contributed by atoms with van der Waals surface area (Å²) in [5.74, 6) is -5.14. The third-order valence-electron chi connectivity index (χ3n) is 4.80. The molecule has 0 fully saturated rings.